The molecule has 1 saturated heterocycles. The predicted octanol–water partition coefficient (Wildman–Crippen LogP) is 3.81. The molecule has 35 heavy (non-hydrogen) atoms. The van der Waals surface area contributed by atoms with Crippen molar-refractivity contribution in [2.75, 3.05) is 19.6 Å². The van der Waals surface area contributed by atoms with Crippen molar-refractivity contribution in [3.8, 4) is 0 Å². The maximum absolute atomic E-state index is 14.2. The molecular weight excluding hydrogens is 450 g/mol. The zero-order valence-electron chi connectivity index (χ0n) is 19.1. The zero-order valence-corrected chi connectivity index (χ0v) is 19.1. The highest BCUT2D eigenvalue weighted by atomic mass is 19.1. The fraction of sp³-hybridized carbons (Fsp3) is 0.259. The van der Waals surface area contributed by atoms with E-state index in [1.165, 1.54) is 24.3 Å². The van der Waals surface area contributed by atoms with E-state index in [9.17, 15) is 18.4 Å². The molecule has 0 spiro atoms. The third-order valence-corrected chi connectivity index (χ3v) is 6.77. The Balaban J connectivity index is 1.33. The lowest BCUT2D eigenvalue weighted by Crippen LogP contribution is -2.63. The van der Waals surface area contributed by atoms with Gasteiger partial charge in [-0.25, -0.2) is 8.78 Å². The molecule has 3 aromatic carbocycles. The van der Waals surface area contributed by atoms with Gasteiger partial charge in [-0.15, -0.1) is 0 Å². The van der Waals surface area contributed by atoms with Crippen LogP contribution in [0.4, 0.5) is 8.78 Å². The van der Waals surface area contributed by atoms with Gasteiger partial charge in [-0.3, -0.25) is 9.59 Å². The molecule has 4 N–H and O–H groups in total. The van der Waals surface area contributed by atoms with Crippen LogP contribution in [0.15, 0.2) is 60.8 Å². The minimum atomic E-state index is -1.08. The average molecular weight is 477 g/mol. The number of H-pyrrole nitrogens is 1. The van der Waals surface area contributed by atoms with E-state index >= 15 is 0 Å². The number of aromatic amines is 1. The van der Waals surface area contributed by atoms with E-state index in [1.807, 2.05) is 6.20 Å². The fourth-order valence-electron chi connectivity index (χ4n) is 4.84. The summed E-state index contributed by atoms with van der Waals surface area (Å²) in [5.74, 6) is -1.38. The maximum Gasteiger partial charge on any atom is 0.252 e. The number of carbonyl (C=O) groups is 2. The van der Waals surface area contributed by atoms with Crippen LogP contribution in [0.5, 0.6) is 0 Å². The van der Waals surface area contributed by atoms with Gasteiger partial charge >= 0.3 is 0 Å². The molecule has 0 atom stereocenters. The number of amides is 2. The van der Waals surface area contributed by atoms with Crippen LogP contribution in [0, 0.1) is 11.6 Å². The average Bonchev–Trinajstić information content (AvgIpc) is 3.26. The van der Waals surface area contributed by atoms with Crippen molar-refractivity contribution in [2.45, 2.75) is 24.8 Å². The highest BCUT2D eigenvalue weighted by Gasteiger charge is 2.41. The summed E-state index contributed by atoms with van der Waals surface area (Å²) in [6.07, 6.45) is 3.20. The van der Waals surface area contributed by atoms with Crippen LogP contribution in [-0.2, 0) is 11.2 Å². The number of nitrogens with one attached hydrogen (secondary N) is 4. The molecule has 2 heterocycles. The molecule has 180 valence electrons. The van der Waals surface area contributed by atoms with E-state index in [2.05, 4.69) is 20.9 Å². The first kappa shape index (κ1) is 23.0. The van der Waals surface area contributed by atoms with Gasteiger partial charge < -0.3 is 20.9 Å². The summed E-state index contributed by atoms with van der Waals surface area (Å²) >= 11 is 0. The van der Waals surface area contributed by atoms with Gasteiger partial charge in [0.15, 0.2) is 0 Å². The van der Waals surface area contributed by atoms with E-state index in [0.717, 1.165) is 16.5 Å². The van der Waals surface area contributed by atoms with Crippen molar-refractivity contribution in [1.29, 1.82) is 0 Å². The van der Waals surface area contributed by atoms with Gasteiger partial charge in [0, 0.05) is 34.6 Å². The topological polar surface area (TPSA) is 86.0 Å². The van der Waals surface area contributed by atoms with Crippen molar-refractivity contribution in [3.05, 3.63) is 83.6 Å². The summed E-state index contributed by atoms with van der Waals surface area (Å²) in [4.78, 5) is 29.8. The number of carbonyl (C=O) groups excluding carboxylic acids is 2. The molecule has 1 aliphatic heterocycles. The Labute approximate surface area is 201 Å². The molecule has 8 heteroatoms. The van der Waals surface area contributed by atoms with E-state index in [1.54, 1.807) is 30.3 Å². The molecule has 0 radical (unpaired) electrons. The van der Waals surface area contributed by atoms with E-state index in [0.29, 0.717) is 55.2 Å². The number of rotatable bonds is 6. The van der Waals surface area contributed by atoms with Crippen LogP contribution in [0.1, 0.15) is 28.8 Å². The molecule has 2 amide bonds. The van der Waals surface area contributed by atoms with Crippen LogP contribution in [0.2, 0.25) is 0 Å². The third kappa shape index (κ3) is 4.49. The lowest BCUT2D eigenvalue weighted by molar-refractivity contribution is -0.128. The molecule has 6 nitrogen and oxygen atoms in total. The molecule has 5 rings (SSSR count). The Hall–Kier alpha value is -3.78. The smallest absolute Gasteiger partial charge is 0.252 e. The molecule has 0 saturated carbocycles. The number of hydrogen-bond donors (Lipinski definition) is 4. The first-order valence-electron chi connectivity index (χ1n) is 11.7. The van der Waals surface area contributed by atoms with E-state index in [4.69, 9.17) is 0 Å². The highest BCUT2D eigenvalue weighted by molar-refractivity contribution is 6.09. The SMILES string of the molecule is O=C(NC1(C(=O)NCCc2c[nH]c3ccc(F)cc23)CCNCC1)c1ccc(F)c2ccccc12. The summed E-state index contributed by atoms with van der Waals surface area (Å²) in [6.45, 7) is 1.51. The van der Waals surface area contributed by atoms with Gasteiger partial charge in [0.05, 0.1) is 0 Å². The lowest BCUT2D eigenvalue weighted by Gasteiger charge is -2.37. The summed E-state index contributed by atoms with van der Waals surface area (Å²) in [5, 5.41) is 10.8. The van der Waals surface area contributed by atoms with Crippen LogP contribution in [-0.4, -0.2) is 42.0 Å². The normalized spacial score (nSPS) is 15.3. The van der Waals surface area contributed by atoms with E-state index < -0.39 is 17.3 Å². The Morgan fingerprint density at radius 1 is 0.943 bits per heavy atom. The summed E-state index contributed by atoms with van der Waals surface area (Å²) < 4.78 is 27.9. The van der Waals surface area contributed by atoms with Crippen LogP contribution < -0.4 is 16.0 Å². The Morgan fingerprint density at radius 2 is 1.71 bits per heavy atom. The van der Waals surface area contributed by atoms with Crippen LogP contribution >= 0.6 is 0 Å². The first-order valence-corrected chi connectivity index (χ1v) is 11.7. The molecule has 1 fully saturated rings. The van der Waals surface area contributed by atoms with Gasteiger partial charge in [0.2, 0.25) is 5.91 Å². The largest absolute Gasteiger partial charge is 0.361 e. The number of piperidine rings is 1. The summed E-state index contributed by atoms with van der Waals surface area (Å²) in [7, 11) is 0. The number of benzene rings is 3. The van der Waals surface area contributed by atoms with Crippen molar-refractivity contribution >= 4 is 33.5 Å². The molecule has 1 aliphatic rings. The van der Waals surface area contributed by atoms with Crippen LogP contribution in [0.3, 0.4) is 0 Å². The van der Waals surface area contributed by atoms with Gasteiger partial charge in [-0.1, -0.05) is 24.3 Å². The first-order chi connectivity index (χ1) is 17.0. The second kappa shape index (κ2) is 9.46. The molecular formula is C27H26F2N4O2. The standard InChI is InChI=1S/C27H26F2N4O2/c28-18-5-8-24-22(15-18)17(16-32-24)9-12-31-26(35)27(10-13-30-14-11-27)33-25(34)21-6-7-23(29)20-4-2-1-3-19(20)21/h1-8,15-16,30,32H,9-14H2,(H,31,35)(H,33,34). The predicted molar refractivity (Wildman–Crippen MR) is 131 cm³/mol. The molecule has 1 aromatic heterocycles. The van der Waals surface area contributed by atoms with Crippen LogP contribution in [0.25, 0.3) is 21.7 Å². The van der Waals surface area contributed by atoms with Crippen molar-refractivity contribution < 1.29 is 18.4 Å². The van der Waals surface area contributed by atoms with Gasteiger partial charge in [-0.05, 0) is 73.6 Å². The number of aromatic nitrogens is 1. The monoisotopic (exact) mass is 476 g/mol. The zero-order chi connectivity index (χ0) is 24.4. The second-order valence-electron chi connectivity index (χ2n) is 8.94. The highest BCUT2D eigenvalue weighted by Crippen LogP contribution is 2.25. The number of halogens is 2. The Kier molecular flexibility index (Phi) is 6.21. The molecule has 0 bridgehead atoms. The Morgan fingerprint density at radius 3 is 2.51 bits per heavy atom. The van der Waals surface area contributed by atoms with Gasteiger partial charge in [-0.2, -0.15) is 0 Å². The minimum Gasteiger partial charge on any atom is -0.361 e. The quantitative estimate of drug-likeness (QED) is 0.341. The third-order valence-electron chi connectivity index (χ3n) is 6.77. The van der Waals surface area contributed by atoms with Crippen molar-refractivity contribution in [3.63, 3.8) is 0 Å². The number of hydrogen-bond acceptors (Lipinski definition) is 3. The molecule has 0 aliphatic carbocycles. The van der Waals surface area contributed by atoms with Gasteiger partial charge in [0.25, 0.3) is 5.91 Å². The number of fused-ring (bicyclic) bond motifs is 2. The summed E-state index contributed by atoms with van der Waals surface area (Å²) in [5.41, 5.74) is 0.986. The summed E-state index contributed by atoms with van der Waals surface area (Å²) in [6, 6.07) is 14.1. The van der Waals surface area contributed by atoms with Gasteiger partial charge in [0.1, 0.15) is 17.2 Å². The maximum atomic E-state index is 14.2. The lowest BCUT2D eigenvalue weighted by atomic mass is 9.86. The van der Waals surface area contributed by atoms with Crippen molar-refractivity contribution in [2.24, 2.45) is 0 Å². The second-order valence-corrected chi connectivity index (χ2v) is 8.94. The molecule has 0 unspecified atom stereocenters. The van der Waals surface area contributed by atoms with Crippen molar-refractivity contribution in [1.82, 2.24) is 20.9 Å². The minimum absolute atomic E-state index is 0.259. The molecule has 4 aromatic rings. The Bertz CT molecular complexity index is 1410. The fourth-order valence-corrected chi connectivity index (χ4v) is 4.84. The van der Waals surface area contributed by atoms with E-state index in [-0.39, 0.29) is 11.7 Å².